The van der Waals surface area contributed by atoms with E-state index in [-0.39, 0.29) is 0 Å². The summed E-state index contributed by atoms with van der Waals surface area (Å²) in [4.78, 5) is 0. The molecule has 4 nitrogen and oxygen atoms in total. The van der Waals surface area contributed by atoms with Gasteiger partial charge in [-0.25, -0.2) is 0 Å². The highest BCUT2D eigenvalue weighted by molar-refractivity contribution is 6.50. The molecular formula is C52H36B2F8N4. The Balaban J connectivity index is 0.000000498. The lowest BCUT2D eigenvalue weighted by molar-refractivity contribution is -0.508. The number of aromatic nitrogens is 2. The Labute approximate surface area is 372 Å². The fourth-order valence-corrected chi connectivity index (χ4v) is 8.78. The van der Waals surface area contributed by atoms with E-state index in [1.54, 1.807) is 0 Å². The van der Waals surface area contributed by atoms with Gasteiger partial charge in [-0.2, -0.15) is 0 Å². The first kappa shape index (κ1) is 43.3. The van der Waals surface area contributed by atoms with Gasteiger partial charge in [-0.05, 0) is 110 Å². The predicted molar refractivity (Wildman–Crippen MR) is 254 cm³/mol. The number of nitrogens with two attached hydrogens (primary N) is 2. The van der Waals surface area contributed by atoms with E-state index in [1.165, 1.54) is 32.3 Å². The van der Waals surface area contributed by atoms with Gasteiger partial charge in [0.05, 0.1) is 0 Å². The van der Waals surface area contributed by atoms with Crippen molar-refractivity contribution >= 4 is 80.0 Å². The summed E-state index contributed by atoms with van der Waals surface area (Å²) in [7, 11) is -12.0. The summed E-state index contributed by atoms with van der Waals surface area (Å²) in [6.45, 7) is 0. The molecule has 0 aliphatic carbocycles. The van der Waals surface area contributed by atoms with E-state index in [1.807, 2.05) is 12.1 Å². The fourth-order valence-electron chi connectivity index (χ4n) is 8.78. The number of anilines is 2. The minimum absolute atomic E-state index is 0.685. The lowest BCUT2D eigenvalue weighted by atomic mass is 9.87. The van der Waals surface area contributed by atoms with Gasteiger partial charge in [0.15, 0.2) is 0 Å². The monoisotopic (exact) mass is 890 g/mol. The Bertz CT molecular complexity index is 3450. The molecule has 0 saturated carbocycles. The van der Waals surface area contributed by atoms with Crippen molar-refractivity contribution in [1.82, 2.24) is 0 Å². The number of nitrogen functional groups attached to an aromatic ring is 2. The molecule has 18 aromatic rings. The molecule has 18 rings (SSSR count). The Kier molecular flexibility index (Phi) is 11.3. The van der Waals surface area contributed by atoms with Crippen LogP contribution in [0.4, 0.5) is 45.9 Å². The number of hydrogen-bond acceptors (Lipinski definition) is 2. The average Bonchev–Trinajstić information content (AvgIpc) is 3.30. The zero-order valence-corrected chi connectivity index (χ0v) is 34.7. The van der Waals surface area contributed by atoms with E-state index in [2.05, 4.69) is 191 Å². The van der Waals surface area contributed by atoms with E-state index in [0.29, 0.717) is 5.69 Å². The normalized spacial score (nSPS) is 11.8. The van der Waals surface area contributed by atoms with Crippen LogP contribution in [-0.4, -0.2) is 14.5 Å². The van der Waals surface area contributed by atoms with Crippen LogP contribution >= 0.6 is 0 Å². The van der Waals surface area contributed by atoms with Crippen molar-refractivity contribution in [2.24, 2.45) is 0 Å². The number of halogens is 8. The zero-order valence-electron chi connectivity index (χ0n) is 34.7. The van der Waals surface area contributed by atoms with E-state index in [9.17, 15) is 34.5 Å². The maximum atomic E-state index is 9.75. The van der Waals surface area contributed by atoms with Gasteiger partial charge in [-0.15, -0.1) is 8.80 Å². The minimum Gasteiger partial charge on any atom is -0.418 e. The molecule has 10 aromatic heterocycles. The van der Waals surface area contributed by atoms with E-state index >= 15 is 0 Å². The first-order chi connectivity index (χ1) is 31.6. The van der Waals surface area contributed by atoms with Gasteiger partial charge in [-0.3, -0.25) is 0 Å². The molecule has 14 heteroatoms. The highest BCUT2D eigenvalue weighted by Gasteiger charge is 2.29. The first-order valence-corrected chi connectivity index (χ1v) is 20.8. The summed E-state index contributed by atoms with van der Waals surface area (Å²) in [5, 5.41) is 9.51. The Morgan fingerprint density at radius 1 is 0.303 bits per heavy atom. The van der Waals surface area contributed by atoms with Gasteiger partial charge >= 0.3 is 14.5 Å². The molecule has 0 radical (unpaired) electrons. The van der Waals surface area contributed by atoms with E-state index in [0.717, 1.165) is 72.5 Å². The fraction of sp³-hybridized carbons (Fsp3) is 0. The molecule has 0 atom stereocenters. The van der Waals surface area contributed by atoms with Crippen LogP contribution in [0.15, 0.2) is 194 Å². The molecule has 8 aromatic carbocycles. The van der Waals surface area contributed by atoms with Gasteiger partial charge in [0.1, 0.15) is 0 Å². The van der Waals surface area contributed by atoms with Crippen LogP contribution in [-0.2, 0) is 0 Å². The molecule has 10 heterocycles. The third-order valence-electron chi connectivity index (χ3n) is 11.3. The maximum Gasteiger partial charge on any atom is 0.673 e. The van der Waals surface area contributed by atoms with Crippen LogP contribution in [0.2, 0.25) is 0 Å². The second kappa shape index (κ2) is 17.2. The second-order valence-electron chi connectivity index (χ2n) is 15.6. The summed E-state index contributed by atoms with van der Waals surface area (Å²) in [6.07, 6.45) is 0. The summed E-state index contributed by atoms with van der Waals surface area (Å²) in [6, 6.07) is 69.6. The third-order valence-corrected chi connectivity index (χ3v) is 11.3. The van der Waals surface area contributed by atoms with Crippen molar-refractivity contribution in [1.29, 1.82) is 0 Å². The molecule has 0 fully saturated rings. The molecule has 326 valence electrons. The largest absolute Gasteiger partial charge is 0.673 e. The van der Waals surface area contributed by atoms with Crippen LogP contribution in [0.1, 0.15) is 0 Å². The van der Waals surface area contributed by atoms with Gasteiger partial charge < -0.3 is 46.0 Å². The van der Waals surface area contributed by atoms with Crippen LogP contribution in [0.3, 0.4) is 0 Å². The van der Waals surface area contributed by atoms with E-state index < -0.39 is 14.5 Å². The highest BCUT2D eigenvalue weighted by atomic mass is 19.5. The maximum absolute atomic E-state index is 9.75. The number of benzene rings is 7. The Morgan fingerprint density at radius 2 is 0.606 bits per heavy atom. The van der Waals surface area contributed by atoms with Crippen LogP contribution < -0.4 is 20.3 Å². The summed E-state index contributed by atoms with van der Waals surface area (Å²) >= 11 is 0. The number of nitrogens with zero attached hydrogens (tertiary/aromatic N) is 2. The van der Waals surface area contributed by atoms with Crippen molar-refractivity contribution in [3.8, 4) is 45.0 Å². The minimum atomic E-state index is -6.00. The predicted octanol–water partition coefficient (Wildman–Crippen LogP) is 14.2. The summed E-state index contributed by atoms with van der Waals surface area (Å²) in [5.41, 5.74) is 25.4. The van der Waals surface area contributed by atoms with Crippen molar-refractivity contribution in [3.63, 3.8) is 0 Å². The van der Waals surface area contributed by atoms with Gasteiger partial charge in [0.2, 0.25) is 22.8 Å². The standard InChI is InChI=1S/C52H35N4.2BF4/c53-39-21-23-43-44(31-39)52-42-25-24-41(51(43)52)37-27-46(33-13-5-1-6-14-33)55(47(28-37)34-15-7-2-8-16-34)45-26-22-40(54)32-50(45)56-48(35-17-9-3-10-18-35)29-38(42)30-49(56)36-19-11-4-12-20-36;2*2-1(3,4)5/h1-32,53H,54H2;;/q+1;2*-1/p+1. The van der Waals surface area contributed by atoms with Crippen LogP contribution in [0.25, 0.3) is 99.2 Å². The van der Waals surface area contributed by atoms with Crippen molar-refractivity contribution in [3.05, 3.63) is 194 Å². The summed E-state index contributed by atoms with van der Waals surface area (Å²) in [5.74, 6) is 0. The Hall–Kier alpha value is -7.99. The molecule has 0 unspecified atom stereocenters. The molecule has 0 aliphatic rings. The molecule has 0 aliphatic heterocycles. The topological polar surface area (TPSA) is 60.2 Å². The van der Waals surface area contributed by atoms with Crippen LogP contribution in [0.5, 0.6) is 0 Å². The summed E-state index contributed by atoms with van der Waals surface area (Å²) < 4.78 is 82.8. The number of pyridine rings is 2. The molecule has 0 spiro atoms. The van der Waals surface area contributed by atoms with Gasteiger partial charge in [0, 0.05) is 70.0 Å². The van der Waals surface area contributed by atoms with Crippen molar-refractivity contribution in [2.45, 2.75) is 0 Å². The average molecular weight is 890 g/mol. The van der Waals surface area contributed by atoms with Crippen molar-refractivity contribution in [2.75, 3.05) is 11.5 Å². The molecule has 66 heavy (non-hydrogen) atoms. The molecular weight excluding hydrogens is 854 g/mol. The Morgan fingerprint density at radius 3 is 0.985 bits per heavy atom. The van der Waals surface area contributed by atoms with Crippen molar-refractivity contribution < 1.29 is 43.3 Å². The second-order valence-corrected chi connectivity index (χ2v) is 15.6. The van der Waals surface area contributed by atoms with Gasteiger partial charge in [-0.1, -0.05) is 91.0 Å². The highest BCUT2D eigenvalue weighted by Crippen LogP contribution is 2.45. The zero-order chi connectivity index (χ0) is 46.3. The molecule has 4 N–H and O–H groups in total. The van der Waals surface area contributed by atoms with E-state index in [4.69, 9.17) is 11.5 Å². The molecule has 6 bridgehead atoms. The SMILES string of the molecule is F[B-](F)(F)F.F[B-](F)(F)F.Nc1ccc2c(c1)c1c3ccc(c4cc(-c5ccccc5)[n+](c(-c5ccccc5)c4)c4ccc(N)cc4[n+]4c(-c5ccccc5)cc3cc4-c3ccccc3)c21. The molecule has 0 amide bonds. The number of hydrogen-bond donors (Lipinski definition) is 2. The van der Waals surface area contributed by atoms with Crippen LogP contribution in [0, 0.1) is 0 Å². The smallest absolute Gasteiger partial charge is 0.418 e. The lowest BCUT2D eigenvalue weighted by Gasteiger charge is -2.17. The lowest BCUT2D eigenvalue weighted by Crippen LogP contribution is -2.33. The first-order valence-electron chi connectivity index (χ1n) is 20.8. The van der Waals surface area contributed by atoms with Gasteiger partial charge in [0.25, 0.3) is 11.0 Å². The third kappa shape index (κ3) is 8.77. The number of rotatable bonds is 4. The number of fused-ring (bicyclic) bond motifs is 1. The quantitative estimate of drug-likeness (QED) is 0.0800. The molecule has 0 saturated heterocycles.